The van der Waals surface area contributed by atoms with E-state index in [4.69, 9.17) is 11.6 Å². The molecule has 0 amide bonds. The van der Waals surface area contributed by atoms with E-state index >= 15 is 0 Å². The zero-order chi connectivity index (χ0) is 20.5. The monoisotopic (exact) mass is 409 g/mol. The van der Waals surface area contributed by atoms with Gasteiger partial charge in [0.15, 0.2) is 0 Å². The molecule has 0 radical (unpaired) electrons. The van der Waals surface area contributed by atoms with Crippen molar-refractivity contribution in [3.8, 4) is 0 Å². The summed E-state index contributed by atoms with van der Waals surface area (Å²) in [5.41, 5.74) is 4.24. The highest BCUT2D eigenvalue weighted by molar-refractivity contribution is 6.30. The van der Waals surface area contributed by atoms with Gasteiger partial charge in [-0.2, -0.15) is 0 Å². The molecule has 1 aromatic heterocycles. The summed E-state index contributed by atoms with van der Waals surface area (Å²) in [4.78, 5) is 20.2. The van der Waals surface area contributed by atoms with Crippen LogP contribution in [0.25, 0.3) is 10.9 Å². The van der Waals surface area contributed by atoms with Crippen LogP contribution in [0.15, 0.2) is 53.3 Å². The number of H-pyrrole nitrogens is 1. The van der Waals surface area contributed by atoms with Crippen molar-refractivity contribution < 1.29 is 0 Å². The van der Waals surface area contributed by atoms with Gasteiger partial charge < -0.3 is 9.88 Å². The number of aryl methyl sites for hydroxylation is 1. The van der Waals surface area contributed by atoms with Crippen molar-refractivity contribution in [2.24, 2.45) is 0 Å². The maximum Gasteiger partial charge on any atom is 0.251 e. The van der Waals surface area contributed by atoms with Crippen molar-refractivity contribution in [3.63, 3.8) is 0 Å². The van der Waals surface area contributed by atoms with Crippen LogP contribution < -0.4 is 10.5 Å². The fourth-order valence-electron chi connectivity index (χ4n) is 4.30. The number of aromatic nitrogens is 1. The van der Waals surface area contributed by atoms with E-state index in [9.17, 15) is 4.79 Å². The minimum atomic E-state index is 0.0238. The van der Waals surface area contributed by atoms with Crippen molar-refractivity contribution in [2.45, 2.75) is 45.8 Å². The first-order chi connectivity index (χ1) is 13.9. The molecule has 1 fully saturated rings. The molecule has 5 heteroatoms. The van der Waals surface area contributed by atoms with E-state index in [0.717, 1.165) is 47.5 Å². The van der Waals surface area contributed by atoms with E-state index < -0.39 is 0 Å². The van der Waals surface area contributed by atoms with E-state index in [1.54, 1.807) is 0 Å². The molecule has 1 aliphatic heterocycles. The number of rotatable bonds is 4. The Morgan fingerprint density at radius 1 is 1.03 bits per heavy atom. The van der Waals surface area contributed by atoms with Crippen molar-refractivity contribution in [1.29, 1.82) is 0 Å². The number of piperazine rings is 1. The molecule has 0 unspecified atom stereocenters. The molecule has 4 rings (SSSR count). The minimum Gasteiger partial charge on any atom is -0.366 e. The van der Waals surface area contributed by atoms with Gasteiger partial charge in [0.25, 0.3) is 5.56 Å². The highest BCUT2D eigenvalue weighted by Gasteiger charge is 2.29. The molecule has 0 saturated carbocycles. The molecule has 2 atom stereocenters. The number of fused-ring (bicyclic) bond motifs is 1. The standard InChI is InChI=1S/C24H28ClN3O/c1-4-19-12-20-6-5-18(11-23(20)26-24(19)29)15-27-13-17(3)28(14-16(27)2)22-9-7-21(25)8-10-22/h5-12,16-17H,4,13-15H2,1-3H3,(H,26,29)/t16-,17-/m0/s1. The fraction of sp³-hybridized carbons (Fsp3) is 0.375. The number of aromatic amines is 1. The van der Waals surface area contributed by atoms with E-state index in [1.807, 2.05) is 25.1 Å². The second kappa shape index (κ2) is 8.21. The predicted molar refractivity (Wildman–Crippen MR) is 122 cm³/mol. The molecule has 0 bridgehead atoms. The highest BCUT2D eigenvalue weighted by Crippen LogP contribution is 2.26. The maximum atomic E-state index is 12.2. The van der Waals surface area contributed by atoms with Crippen LogP contribution in [0.2, 0.25) is 5.02 Å². The second-order valence-electron chi connectivity index (χ2n) is 8.16. The van der Waals surface area contributed by atoms with Crippen molar-refractivity contribution in [1.82, 2.24) is 9.88 Å². The lowest BCUT2D eigenvalue weighted by Crippen LogP contribution is -2.56. The zero-order valence-corrected chi connectivity index (χ0v) is 18.0. The SMILES string of the molecule is CCc1cc2ccc(CN3C[C@H](C)N(c4ccc(Cl)cc4)C[C@@H]3C)cc2[nH]c1=O. The predicted octanol–water partition coefficient (Wildman–Crippen LogP) is 4.84. The summed E-state index contributed by atoms with van der Waals surface area (Å²) in [6.07, 6.45) is 0.750. The lowest BCUT2D eigenvalue weighted by Gasteiger charge is -2.45. The van der Waals surface area contributed by atoms with Crippen molar-refractivity contribution in [2.75, 3.05) is 18.0 Å². The topological polar surface area (TPSA) is 39.3 Å². The van der Waals surface area contributed by atoms with Gasteiger partial charge >= 0.3 is 0 Å². The Labute approximate surface area is 177 Å². The first kappa shape index (κ1) is 20.0. The van der Waals surface area contributed by atoms with Gasteiger partial charge in [0.2, 0.25) is 0 Å². The van der Waals surface area contributed by atoms with Gasteiger partial charge in [-0.25, -0.2) is 0 Å². The first-order valence-corrected chi connectivity index (χ1v) is 10.7. The van der Waals surface area contributed by atoms with Crippen LogP contribution in [0, 0.1) is 0 Å². The number of anilines is 1. The summed E-state index contributed by atoms with van der Waals surface area (Å²) < 4.78 is 0. The second-order valence-corrected chi connectivity index (χ2v) is 8.59. The van der Waals surface area contributed by atoms with Crippen LogP contribution in [-0.2, 0) is 13.0 Å². The van der Waals surface area contributed by atoms with Gasteiger partial charge in [-0.1, -0.05) is 30.7 Å². The number of nitrogens with zero attached hydrogens (tertiary/aromatic N) is 2. The van der Waals surface area contributed by atoms with Crippen LogP contribution in [0.4, 0.5) is 5.69 Å². The lowest BCUT2D eigenvalue weighted by atomic mass is 10.0. The van der Waals surface area contributed by atoms with E-state index in [2.05, 4.69) is 59.0 Å². The molecule has 1 aliphatic rings. The molecule has 2 heterocycles. The Morgan fingerprint density at radius 3 is 2.52 bits per heavy atom. The van der Waals surface area contributed by atoms with Crippen LogP contribution in [0.3, 0.4) is 0 Å². The van der Waals surface area contributed by atoms with Crippen LogP contribution in [0.1, 0.15) is 31.9 Å². The van der Waals surface area contributed by atoms with Gasteiger partial charge in [0.05, 0.1) is 0 Å². The molecular weight excluding hydrogens is 382 g/mol. The Balaban J connectivity index is 1.51. The van der Waals surface area contributed by atoms with Crippen LogP contribution in [0.5, 0.6) is 0 Å². The number of hydrogen-bond donors (Lipinski definition) is 1. The number of halogens is 1. The number of benzene rings is 2. The van der Waals surface area contributed by atoms with Crippen molar-refractivity contribution >= 4 is 28.2 Å². The smallest absolute Gasteiger partial charge is 0.251 e. The largest absolute Gasteiger partial charge is 0.366 e. The van der Waals surface area contributed by atoms with Gasteiger partial charge in [0.1, 0.15) is 0 Å². The molecular formula is C24H28ClN3O. The fourth-order valence-corrected chi connectivity index (χ4v) is 4.43. The van der Waals surface area contributed by atoms with Crippen LogP contribution in [-0.4, -0.2) is 35.1 Å². The van der Waals surface area contributed by atoms with Gasteiger partial charge in [0, 0.05) is 53.5 Å². The average molecular weight is 410 g/mol. The zero-order valence-electron chi connectivity index (χ0n) is 17.3. The van der Waals surface area contributed by atoms with E-state index in [1.165, 1.54) is 11.3 Å². The quantitative estimate of drug-likeness (QED) is 0.669. The molecule has 3 aromatic rings. The minimum absolute atomic E-state index is 0.0238. The lowest BCUT2D eigenvalue weighted by molar-refractivity contribution is 0.158. The third-order valence-corrected chi connectivity index (χ3v) is 6.28. The molecule has 2 aromatic carbocycles. The van der Waals surface area contributed by atoms with Gasteiger partial charge in [-0.05, 0) is 67.6 Å². The normalized spacial score (nSPS) is 20.3. The first-order valence-electron chi connectivity index (χ1n) is 10.4. The Hall–Kier alpha value is -2.30. The van der Waals surface area contributed by atoms with E-state index in [0.29, 0.717) is 12.1 Å². The van der Waals surface area contributed by atoms with Crippen molar-refractivity contribution in [3.05, 3.63) is 75.0 Å². The Morgan fingerprint density at radius 2 is 1.79 bits per heavy atom. The number of hydrogen-bond acceptors (Lipinski definition) is 3. The molecule has 0 spiro atoms. The third kappa shape index (κ3) is 4.19. The van der Waals surface area contributed by atoms with E-state index in [-0.39, 0.29) is 5.56 Å². The summed E-state index contributed by atoms with van der Waals surface area (Å²) >= 11 is 6.05. The third-order valence-electron chi connectivity index (χ3n) is 6.03. The Kier molecular flexibility index (Phi) is 5.66. The number of nitrogens with one attached hydrogen (secondary N) is 1. The summed E-state index contributed by atoms with van der Waals surface area (Å²) in [5, 5.41) is 1.87. The number of pyridine rings is 1. The summed E-state index contributed by atoms with van der Waals surface area (Å²) in [7, 11) is 0. The molecule has 152 valence electrons. The molecule has 4 nitrogen and oxygen atoms in total. The van der Waals surface area contributed by atoms with Crippen LogP contribution >= 0.6 is 11.6 Å². The Bertz CT molecular complexity index is 1060. The molecule has 1 saturated heterocycles. The summed E-state index contributed by atoms with van der Waals surface area (Å²) in [6, 6.07) is 17.4. The molecule has 29 heavy (non-hydrogen) atoms. The molecule has 0 aliphatic carbocycles. The maximum absolute atomic E-state index is 12.2. The summed E-state index contributed by atoms with van der Waals surface area (Å²) in [5.74, 6) is 0. The summed E-state index contributed by atoms with van der Waals surface area (Å²) in [6.45, 7) is 9.42. The van der Waals surface area contributed by atoms with Gasteiger partial charge in [-0.3, -0.25) is 9.69 Å². The molecule has 1 N–H and O–H groups in total. The van der Waals surface area contributed by atoms with Gasteiger partial charge in [-0.15, -0.1) is 0 Å². The highest BCUT2D eigenvalue weighted by atomic mass is 35.5. The average Bonchev–Trinajstić information content (AvgIpc) is 2.70.